The van der Waals surface area contributed by atoms with Crippen molar-refractivity contribution >= 4 is 28.8 Å². The largest absolute Gasteiger partial charge is 0.488 e. The number of carbonyl (C=O) groups is 1. The van der Waals surface area contributed by atoms with Crippen LogP contribution in [0.1, 0.15) is 17.3 Å². The third-order valence-corrected chi connectivity index (χ3v) is 7.04. The number of H-pyrrole nitrogens is 1. The van der Waals surface area contributed by atoms with Gasteiger partial charge in [0.05, 0.1) is 18.8 Å². The molecule has 0 aliphatic carbocycles. The van der Waals surface area contributed by atoms with Gasteiger partial charge in [-0.15, -0.1) is 0 Å². The first-order valence-electron chi connectivity index (χ1n) is 11.9. The van der Waals surface area contributed by atoms with Crippen LogP contribution in [0.3, 0.4) is 0 Å². The predicted molar refractivity (Wildman–Crippen MR) is 142 cm³/mol. The van der Waals surface area contributed by atoms with Gasteiger partial charge in [0.2, 0.25) is 0 Å². The van der Waals surface area contributed by atoms with E-state index in [0.717, 1.165) is 11.1 Å². The molecule has 0 bridgehead atoms. The quantitative estimate of drug-likeness (QED) is 0.303. The number of aromatic amines is 1. The van der Waals surface area contributed by atoms with Crippen molar-refractivity contribution in [2.45, 2.75) is 25.2 Å². The van der Waals surface area contributed by atoms with E-state index >= 15 is 0 Å². The number of amides is 1. The summed E-state index contributed by atoms with van der Waals surface area (Å²) in [5.41, 5.74) is 2.73. The lowest BCUT2D eigenvalue weighted by molar-refractivity contribution is 0.0889. The van der Waals surface area contributed by atoms with Gasteiger partial charge in [0.1, 0.15) is 34.7 Å². The molecule has 3 heterocycles. The molecule has 3 atom stereocenters. The van der Waals surface area contributed by atoms with Crippen LogP contribution >= 0.6 is 11.8 Å². The van der Waals surface area contributed by atoms with Gasteiger partial charge >= 0.3 is 0 Å². The highest BCUT2D eigenvalue weighted by atomic mass is 32.2. The number of hydrogen-bond acceptors (Lipinski definition) is 8. The molecule has 5 rings (SSSR count). The third-order valence-electron chi connectivity index (χ3n) is 5.87. The summed E-state index contributed by atoms with van der Waals surface area (Å²) in [6.07, 6.45) is 1.03. The number of aliphatic hydroxyl groups excluding tert-OH is 1. The number of rotatable bonds is 9. The Labute approximate surface area is 218 Å². The summed E-state index contributed by atoms with van der Waals surface area (Å²) in [5.74, 6) is 3.48. The van der Waals surface area contributed by atoms with Crippen molar-refractivity contribution in [1.29, 1.82) is 0 Å². The Kier molecular flexibility index (Phi) is 7.59. The molecule has 192 valence electrons. The average Bonchev–Trinajstić information content (AvgIpc) is 3.50. The lowest BCUT2D eigenvalue weighted by Gasteiger charge is -2.16. The Hall–Kier alpha value is -3.60. The Bertz CT molecular complexity index is 1340. The second kappa shape index (κ2) is 11.2. The number of aromatic nitrogens is 3. The van der Waals surface area contributed by atoms with Crippen LogP contribution < -0.4 is 14.8 Å². The molecular weight excluding hydrogens is 492 g/mol. The first-order valence-corrected chi connectivity index (χ1v) is 13.1. The molecule has 37 heavy (non-hydrogen) atoms. The Morgan fingerprint density at radius 2 is 1.97 bits per heavy atom. The summed E-state index contributed by atoms with van der Waals surface area (Å²) in [4.78, 5) is 24.8. The van der Waals surface area contributed by atoms with E-state index in [9.17, 15) is 9.90 Å². The smallest absolute Gasteiger partial charge is 0.251 e. The summed E-state index contributed by atoms with van der Waals surface area (Å²) in [5, 5.41) is 12.9. The fourth-order valence-corrected chi connectivity index (χ4v) is 5.23. The van der Waals surface area contributed by atoms with Crippen LogP contribution in [0.4, 0.5) is 0 Å². The summed E-state index contributed by atoms with van der Waals surface area (Å²) in [6.45, 7) is 2.36. The highest BCUT2D eigenvalue weighted by molar-refractivity contribution is 7.99. The average molecular weight is 521 g/mol. The van der Waals surface area contributed by atoms with E-state index in [2.05, 4.69) is 20.3 Å². The molecule has 2 unspecified atom stereocenters. The molecule has 1 fully saturated rings. The van der Waals surface area contributed by atoms with Crippen molar-refractivity contribution in [1.82, 2.24) is 20.3 Å². The highest BCUT2D eigenvalue weighted by Gasteiger charge is 2.27. The van der Waals surface area contributed by atoms with Crippen molar-refractivity contribution < 1.29 is 24.1 Å². The molecule has 0 radical (unpaired) electrons. The van der Waals surface area contributed by atoms with Crippen LogP contribution in [0.2, 0.25) is 0 Å². The molecule has 4 aromatic rings. The van der Waals surface area contributed by atoms with Gasteiger partial charge < -0.3 is 29.6 Å². The summed E-state index contributed by atoms with van der Waals surface area (Å²) < 4.78 is 17.4. The van der Waals surface area contributed by atoms with Crippen molar-refractivity contribution in [2.24, 2.45) is 0 Å². The van der Waals surface area contributed by atoms with Gasteiger partial charge in [-0.25, -0.2) is 9.97 Å². The first kappa shape index (κ1) is 25.1. The van der Waals surface area contributed by atoms with Crippen LogP contribution in [0.25, 0.3) is 22.6 Å². The highest BCUT2D eigenvalue weighted by Crippen LogP contribution is 2.33. The SMILES string of the molecule is COC[C@H](C)Oc1cc(Oc2ccc(C(=O)NC3CSCC3O)cc2)cc(-c2nc3cccnc3[nH]2)c1. The Morgan fingerprint density at radius 3 is 2.70 bits per heavy atom. The Morgan fingerprint density at radius 1 is 1.16 bits per heavy atom. The molecule has 1 aliphatic rings. The van der Waals surface area contributed by atoms with E-state index < -0.39 is 6.10 Å². The third kappa shape index (κ3) is 6.04. The lowest BCUT2D eigenvalue weighted by Crippen LogP contribution is -2.42. The molecule has 0 saturated carbocycles. The van der Waals surface area contributed by atoms with Gasteiger partial charge in [-0.1, -0.05) is 0 Å². The number of fused-ring (bicyclic) bond motifs is 1. The Balaban J connectivity index is 1.37. The van der Waals surface area contributed by atoms with Crippen LogP contribution in [0.5, 0.6) is 17.2 Å². The zero-order valence-corrected chi connectivity index (χ0v) is 21.3. The molecule has 1 saturated heterocycles. The molecule has 0 spiro atoms. The van der Waals surface area contributed by atoms with Gasteiger partial charge in [0, 0.05) is 42.0 Å². The number of aliphatic hydroxyl groups is 1. The first-order chi connectivity index (χ1) is 18.0. The molecular formula is C27H28N4O5S. The summed E-state index contributed by atoms with van der Waals surface area (Å²) in [7, 11) is 1.63. The number of thioether (sulfide) groups is 1. The van der Waals surface area contributed by atoms with Gasteiger partial charge in [-0.05, 0) is 55.5 Å². The second-order valence-corrected chi connectivity index (χ2v) is 9.92. The number of methoxy groups -OCH3 is 1. The maximum atomic E-state index is 12.6. The topological polar surface area (TPSA) is 119 Å². The number of nitrogens with zero attached hydrogens (tertiary/aromatic N) is 2. The fourth-order valence-electron chi connectivity index (χ4n) is 4.06. The molecule has 10 heteroatoms. The number of benzene rings is 2. The van der Waals surface area contributed by atoms with E-state index in [1.54, 1.807) is 55.4 Å². The van der Waals surface area contributed by atoms with E-state index in [-0.39, 0.29) is 18.1 Å². The van der Waals surface area contributed by atoms with Gasteiger partial charge in [-0.2, -0.15) is 11.8 Å². The van der Waals surface area contributed by atoms with Gasteiger partial charge in [-0.3, -0.25) is 4.79 Å². The predicted octanol–water partition coefficient (Wildman–Crippen LogP) is 4.04. The minimum atomic E-state index is -0.519. The van der Waals surface area contributed by atoms with Gasteiger partial charge in [0.25, 0.3) is 5.91 Å². The van der Waals surface area contributed by atoms with Crippen LogP contribution in [0.15, 0.2) is 60.8 Å². The van der Waals surface area contributed by atoms with Crippen molar-refractivity contribution in [3.63, 3.8) is 0 Å². The number of carbonyl (C=O) groups excluding carboxylic acids is 1. The molecule has 2 aromatic heterocycles. The number of nitrogens with one attached hydrogen (secondary N) is 2. The zero-order chi connectivity index (χ0) is 25.8. The van der Waals surface area contributed by atoms with E-state index in [1.807, 2.05) is 31.2 Å². The van der Waals surface area contributed by atoms with E-state index in [1.165, 1.54) is 0 Å². The van der Waals surface area contributed by atoms with Crippen molar-refractivity contribution in [3.8, 4) is 28.6 Å². The molecule has 3 N–H and O–H groups in total. The van der Waals surface area contributed by atoms with E-state index in [4.69, 9.17) is 14.2 Å². The van der Waals surface area contributed by atoms with Gasteiger partial charge in [0.15, 0.2) is 5.65 Å². The number of pyridine rings is 1. The number of hydrogen-bond donors (Lipinski definition) is 3. The minimum absolute atomic E-state index is 0.167. The number of imidazole rings is 1. The van der Waals surface area contributed by atoms with E-state index in [0.29, 0.717) is 52.4 Å². The molecule has 1 amide bonds. The monoisotopic (exact) mass is 520 g/mol. The fraction of sp³-hybridized carbons (Fsp3) is 0.296. The lowest BCUT2D eigenvalue weighted by atomic mass is 10.1. The molecule has 2 aromatic carbocycles. The molecule has 9 nitrogen and oxygen atoms in total. The zero-order valence-electron chi connectivity index (χ0n) is 20.5. The second-order valence-electron chi connectivity index (χ2n) is 8.84. The normalized spacial score (nSPS) is 18.0. The summed E-state index contributed by atoms with van der Waals surface area (Å²) >= 11 is 1.63. The molecule has 1 aliphatic heterocycles. The van der Waals surface area contributed by atoms with Crippen LogP contribution in [-0.4, -0.2) is 69.4 Å². The van der Waals surface area contributed by atoms with Crippen molar-refractivity contribution in [3.05, 3.63) is 66.4 Å². The van der Waals surface area contributed by atoms with Crippen LogP contribution in [-0.2, 0) is 4.74 Å². The standard InChI is InChI=1S/C27H28N4O5S/c1-16(13-34-2)35-20-10-18(25-29-22-4-3-9-28-26(22)31-25)11-21(12-20)36-19-7-5-17(6-8-19)27(33)30-23-14-37-15-24(23)32/h3-12,16,23-24,32H,13-15H2,1-2H3,(H,30,33)(H,28,29,31)/t16-,23?,24?/m0/s1. The summed E-state index contributed by atoms with van der Waals surface area (Å²) in [6, 6.07) is 15.9. The number of ether oxygens (including phenoxy) is 3. The minimum Gasteiger partial charge on any atom is -0.488 e. The van der Waals surface area contributed by atoms with Crippen LogP contribution in [0, 0.1) is 0 Å². The maximum Gasteiger partial charge on any atom is 0.251 e. The maximum absolute atomic E-state index is 12.6. The van der Waals surface area contributed by atoms with Crippen molar-refractivity contribution in [2.75, 3.05) is 25.2 Å².